The zero-order valence-electron chi connectivity index (χ0n) is 14.6. The Hall–Kier alpha value is -2.45. The maximum absolute atomic E-state index is 11.0. The van der Waals surface area contributed by atoms with Crippen molar-refractivity contribution in [2.75, 3.05) is 6.61 Å². The Labute approximate surface area is 156 Å². The molecule has 0 bridgehead atoms. The fourth-order valence-electron chi connectivity index (χ4n) is 3.09. The molecule has 7 nitrogen and oxygen atoms in total. The van der Waals surface area contributed by atoms with E-state index in [1.54, 1.807) is 42.5 Å². The van der Waals surface area contributed by atoms with Gasteiger partial charge in [-0.25, -0.2) is 4.79 Å². The highest BCUT2D eigenvalue weighted by atomic mass is 16.5. The number of carbonyl (C=O) groups is 1. The summed E-state index contributed by atoms with van der Waals surface area (Å²) < 4.78 is 11.4. The Kier molecular flexibility index (Phi) is 6.08. The minimum atomic E-state index is -1.10. The van der Waals surface area contributed by atoms with Crippen molar-refractivity contribution in [2.24, 2.45) is 0 Å². The van der Waals surface area contributed by atoms with Crippen LogP contribution < -0.4 is 4.74 Å². The molecule has 0 spiro atoms. The van der Waals surface area contributed by atoms with E-state index in [0.717, 1.165) is 0 Å². The Morgan fingerprint density at radius 3 is 2.67 bits per heavy atom. The number of carboxylic acid groups (broad SMARTS) is 1. The van der Waals surface area contributed by atoms with Gasteiger partial charge in [0.1, 0.15) is 24.6 Å². The third-order valence-corrected chi connectivity index (χ3v) is 4.52. The van der Waals surface area contributed by atoms with Gasteiger partial charge in [0.05, 0.1) is 24.4 Å². The number of hydrogen-bond acceptors (Lipinski definition) is 6. The largest absolute Gasteiger partial charge is 0.489 e. The minimum Gasteiger partial charge on any atom is -0.489 e. The normalized spacial score (nSPS) is 25.1. The lowest BCUT2D eigenvalue weighted by Gasteiger charge is -2.36. The number of aliphatic hydroxyl groups excluding tert-OH is 3. The van der Waals surface area contributed by atoms with Crippen molar-refractivity contribution in [1.29, 1.82) is 0 Å². The third-order valence-electron chi connectivity index (χ3n) is 4.52. The van der Waals surface area contributed by atoms with Crippen LogP contribution in [0, 0.1) is 0 Å². The molecule has 3 rings (SSSR count). The lowest BCUT2D eigenvalue weighted by Crippen LogP contribution is -2.44. The van der Waals surface area contributed by atoms with Gasteiger partial charge >= 0.3 is 5.97 Å². The van der Waals surface area contributed by atoms with Crippen molar-refractivity contribution in [3.05, 3.63) is 65.2 Å². The first-order valence-electron chi connectivity index (χ1n) is 8.65. The number of aliphatic hydroxyl groups is 3. The van der Waals surface area contributed by atoms with Crippen LogP contribution in [0.15, 0.2) is 48.5 Å². The molecule has 0 radical (unpaired) electrons. The van der Waals surface area contributed by atoms with E-state index in [-0.39, 0.29) is 25.2 Å². The van der Waals surface area contributed by atoms with E-state index in [9.17, 15) is 20.1 Å². The van der Waals surface area contributed by atoms with Crippen LogP contribution in [-0.4, -0.2) is 51.3 Å². The van der Waals surface area contributed by atoms with Gasteiger partial charge < -0.3 is 29.9 Å². The summed E-state index contributed by atoms with van der Waals surface area (Å²) in [6.07, 6.45) is -3.23. The smallest absolute Gasteiger partial charge is 0.335 e. The number of benzene rings is 2. The molecule has 4 atom stereocenters. The lowest BCUT2D eigenvalue weighted by molar-refractivity contribution is -0.179. The van der Waals surface area contributed by atoms with Crippen molar-refractivity contribution in [3.8, 4) is 5.75 Å². The maximum Gasteiger partial charge on any atom is 0.335 e. The Morgan fingerprint density at radius 1 is 1.15 bits per heavy atom. The zero-order valence-corrected chi connectivity index (χ0v) is 14.6. The summed E-state index contributed by atoms with van der Waals surface area (Å²) in [5.41, 5.74) is 1.52. The predicted octanol–water partition coefficient (Wildman–Crippen LogP) is 1.51. The molecule has 1 aliphatic rings. The van der Waals surface area contributed by atoms with Crippen molar-refractivity contribution < 1.29 is 34.7 Å². The molecule has 7 heteroatoms. The molecule has 2 aromatic carbocycles. The van der Waals surface area contributed by atoms with Crippen LogP contribution in [0.5, 0.6) is 5.75 Å². The van der Waals surface area contributed by atoms with Crippen LogP contribution >= 0.6 is 0 Å². The monoisotopic (exact) mass is 374 g/mol. The number of aromatic carboxylic acids is 1. The Morgan fingerprint density at radius 2 is 1.93 bits per heavy atom. The van der Waals surface area contributed by atoms with E-state index >= 15 is 0 Å². The van der Waals surface area contributed by atoms with Gasteiger partial charge in [0, 0.05) is 6.42 Å². The molecule has 1 fully saturated rings. The molecular weight excluding hydrogens is 352 g/mol. The maximum atomic E-state index is 11.0. The van der Waals surface area contributed by atoms with Crippen molar-refractivity contribution in [3.63, 3.8) is 0 Å². The topological polar surface area (TPSA) is 116 Å². The van der Waals surface area contributed by atoms with Crippen molar-refractivity contribution in [1.82, 2.24) is 0 Å². The molecule has 27 heavy (non-hydrogen) atoms. The second kappa shape index (κ2) is 8.49. The predicted molar refractivity (Wildman–Crippen MR) is 95.5 cm³/mol. The fourth-order valence-corrected chi connectivity index (χ4v) is 3.09. The first kappa shape index (κ1) is 19.3. The van der Waals surface area contributed by atoms with Crippen molar-refractivity contribution >= 4 is 5.97 Å². The highest BCUT2D eigenvalue weighted by molar-refractivity contribution is 5.87. The van der Waals surface area contributed by atoms with E-state index in [2.05, 4.69) is 0 Å². The average Bonchev–Trinajstić information content (AvgIpc) is 2.68. The summed E-state index contributed by atoms with van der Waals surface area (Å²) in [6, 6.07) is 13.4. The van der Waals surface area contributed by atoms with Gasteiger partial charge in [0.2, 0.25) is 0 Å². The van der Waals surface area contributed by atoms with Crippen LogP contribution in [-0.2, 0) is 11.3 Å². The molecule has 4 N–H and O–H groups in total. The molecule has 3 unspecified atom stereocenters. The third kappa shape index (κ3) is 4.64. The molecular formula is C20H22O7. The molecule has 0 aliphatic carbocycles. The summed E-state index contributed by atoms with van der Waals surface area (Å²) in [5.74, 6) is -0.482. The van der Waals surface area contributed by atoms with Gasteiger partial charge in [0.15, 0.2) is 0 Å². The van der Waals surface area contributed by atoms with E-state index in [1.807, 2.05) is 0 Å². The number of carboxylic acids is 1. The molecule has 1 aliphatic heterocycles. The SMILES string of the molecule is O=C(O)c1cccc(COc2cccc([C@H]3OC(CO)CC(O)C3O)c2)c1. The Bertz CT molecular complexity index is 791. The quantitative estimate of drug-likeness (QED) is 0.605. The van der Waals surface area contributed by atoms with E-state index in [1.165, 1.54) is 6.07 Å². The van der Waals surface area contributed by atoms with Crippen LogP contribution in [0.3, 0.4) is 0 Å². The lowest BCUT2D eigenvalue weighted by atomic mass is 9.93. The van der Waals surface area contributed by atoms with E-state index in [0.29, 0.717) is 16.9 Å². The molecule has 0 saturated carbocycles. The van der Waals surface area contributed by atoms with Gasteiger partial charge in [-0.1, -0.05) is 24.3 Å². The Balaban J connectivity index is 1.72. The van der Waals surface area contributed by atoms with Gasteiger partial charge in [-0.05, 0) is 35.4 Å². The summed E-state index contributed by atoms with van der Waals surface area (Å²) in [7, 11) is 0. The summed E-state index contributed by atoms with van der Waals surface area (Å²) in [6.45, 7) is -0.0586. The van der Waals surface area contributed by atoms with Gasteiger partial charge in [-0.3, -0.25) is 0 Å². The van der Waals surface area contributed by atoms with Crippen LogP contribution in [0.2, 0.25) is 0 Å². The van der Waals surface area contributed by atoms with E-state index < -0.39 is 30.4 Å². The average molecular weight is 374 g/mol. The summed E-state index contributed by atoms with van der Waals surface area (Å²) in [5, 5.41) is 38.6. The zero-order chi connectivity index (χ0) is 19.4. The van der Waals surface area contributed by atoms with Gasteiger partial charge in [-0.2, -0.15) is 0 Å². The number of rotatable bonds is 6. The second-order valence-electron chi connectivity index (χ2n) is 6.52. The summed E-state index contributed by atoms with van der Waals surface area (Å²) >= 11 is 0. The molecule has 1 heterocycles. The van der Waals surface area contributed by atoms with Crippen LogP contribution in [0.25, 0.3) is 0 Å². The number of ether oxygens (including phenoxy) is 2. The van der Waals surface area contributed by atoms with E-state index in [4.69, 9.17) is 14.6 Å². The molecule has 2 aromatic rings. The first-order chi connectivity index (χ1) is 13.0. The van der Waals surface area contributed by atoms with Gasteiger partial charge in [-0.15, -0.1) is 0 Å². The molecule has 0 amide bonds. The fraction of sp³-hybridized carbons (Fsp3) is 0.350. The van der Waals surface area contributed by atoms with Gasteiger partial charge in [0.25, 0.3) is 0 Å². The molecule has 1 saturated heterocycles. The number of hydrogen-bond donors (Lipinski definition) is 4. The minimum absolute atomic E-state index is 0.171. The first-order valence-corrected chi connectivity index (χ1v) is 8.65. The molecule has 0 aromatic heterocycles. The standard InChI is InChI=1S/C20H22O7/c21-10-16-9-17(22)18(23)19(27-16)13-4-2-6-15(8-13)26-11-12-3-1-5-14(7-12)20(24)25/h1-8,16-19,21-23H,9-11H2,(H,24,25)/t16?,17?,18?,19-/m1/s1. The highest BCUT2D eigenvalue weighted by Gasteiger charge is 2.37. The molecule has 144 valence electrons. The van der Waals surface area contributed by atoms with Crippen LogP contribution in [0.4, 0.5) is 0 Å². The second-order valence-corrected chi connectivity index (χ2v) is 6.52. The van der Waals surface area contributed by atoms with Crippen molar-refractivity contribution in [2.45, 2.75) is 37.4 Å². The highest BCUT2D eigenvalue weighted by Crippen LogP contribution is 2.33. The summed E-state index contributed by atoms with van der Waals surface area (Å²) in [4.78, 5) is 11.0. The van der Waals surface area contributed by atoms with Crippen LogP contribution in [0.1, 0.15) is 34.0 Å².